The number of halogens is 1. The third-order valence-electron chi connectivity index (χ3n) is 3.21. The van der Waals surface area contributed by atoms with E-state index in [1.165, 1.54) is 0 Å². The lowest BCUT2D eigenvalue weighted by atomic mass is 10.2. The van der Waals surface area contributed by atoms with Gasteiger partial charge in [-0.1, -0.05) is 12.1 Å². The molecule has 0 radical (unpaired) electrons. The summed E-state index contributed by atoms with van der Waals surface area (Å²) in [6.07, 6.45) is 1.70. The van der Waals surface area contributed by atoms with Crippen LogP contribution in [-0.4, -0.2) is 29.9 Å². The van der Waals surface area contributed by atoms with Gasteiger partial charge >= 0.3 is 5.97 Å². The van der Waals surface area contributed by atoms with E-state index >= 15 is 0 Å². The molecular formula is C17H18BrNO4. The Morgan fingerprint density at radius 3 is 2.65 bits per heavy atom. The summed E-state index contributed by atoms with van der Waals surface area (Å²) < 4.78 is 11.0. The molecule has 1 aromatic heterocycles. The molecule has 0 unspecified atom stereocenters. The van der Waals surface area contributed by atoms with E-state index in [0.29, 0.717) is 28.9 Å². The van der Waals surface area contributed by atoms with Crippen molar-refractivity contribution in [1.82, 2.24) is 4.90 Å². The van der Waals surface area contributed by atoms with Crippen LogP contribution < -0.4 is 0 Å². The molecule has 2 rings (SSSR count). The lowest BCUT2D eigenvalue weighted by Gasteiger charge is -2.22. The first kappa shape index (κ1) is 17.3. The maximum absolute atomic E-state index is 12.8. The summed E-state index contributed by atoms with van der Waals surface area (Å²) in [5, 5.41) is 0. The summed E-state index contributed by atoms with van der Waals surface area (Å²) in [4.78, 5) is 25.9. The normalized spacial score (nSPS) is 10.3. The molecule has 1 heterocycles. The third kappa shape index (κ3) is 4.96. The van der Waals surface area contributed by atoms with Crippen molar-refractivity contribution in [3.05, 3.63) is 58.5 Å². The molecule has 0 aliphatic heterocycles. The van der Waals surface area contributed by atoms with Crippen LogP contribution in [0.25, 0.3) is 0 Å². The van der Waals surface area contributed by atoms with Crippen LogP contribution in [-0.2, 0) is 16.1 Å². The van der Waals surface area contributed by atoms with E-state index in [9.17, 15) is 9.59 Å². The van der Waals surface area contributed by atoms with Crippen molar-refractivity contribution >= 4 is 27.8 Å². The van der Waals surface area contributed by atoms with Crippen LogP contribution in [0.2, 0.25) is 0 Å². The maximum atomic E-state index is 12.8. The fraction of sp³-hybridized carbons (Fsp3) is 0.294. The fourth-order valence-electron chi connectivity index (χ4n) is 2.11. The average Bonchev–Trinajstić information content (AvgIpc) is 3.04. The zero-order valence-electron chi connectivity index (χ0n) is 12.8. The third-order valence-corrected chi connectivity index (χ3v) is 3.90. The van der Waals surface area contributed by atoms with Crippen LogP contribution in [0.1, 0.15) is 29.5 Å². The van der Waals surface area contributed by atoms with Crippen LogP contribution >= 0.6 is 15.9 Å². The minimum atomic E-state index is -0.322. The van der Waals surface area contributed by atoms with Crippen molar-refractivity contribution < 1.29 is 18.7 Å². The molecular weight excluding hydrogens is 362 g/mol. The number of hydrogen-bond acceptors (Lipinski definition) is 4. The number of carbonyl (C=O) groups is 2. The Morgan fingerprint density at radius 2 is 2.00 bits per heavy atom. The topological polar surface area (TPSA) is 59.8 Å². The highest BCUT2D eigenvalue weighted by molar-refractivity contribution is 9.10. The van der Waals surface area contributed by atoms with Crippen LogP contribution in [0, 0.1) is 0 Å². The van der Waals surface area contributed by atoms with Gasteiger partial charge in [-0.25, -0.2) is 0 Å². The molecule has 0 bridgehead atoms. The lowest BCUT2D eigenvalue weighted by molar-refractivity contribution is -0.143. The second-order valence-corrected chi connectivity index (χ2v) is 5.70. The molecule has 0 saturated heterocycles. The number of hydrogen-bond donors (Lipinski definition) is 0. The van der Waals surface area contributed by atoms with Gasteiger partial charge in [-0.2, -0.15) is 0 Å². The molecule has 1 aromatic carbocycles. The van der Waals surface area contributed by atoms with Crippen molar-refractivity contribution in [3.63, 3.8) is 0 Å². The van der Waals surface area contributed by atoms with Crippen molar-refractivity contribution in [3.8, 4) is 0 Å². The number of amides is 1. The molecule has 0 N–H and O–H groups in total. The first-order valence-electron chi connectivity index (χ1n) is 7.33. The van der Waals surface area contributed by atoms with E-state index in [1.807, 2.05) is 12.1 Å². The van der Waals surface area contributed by atoms with Gasteiger partial charge in [0.2, 0.25) is 0 Å². The van der Waals surface area contributed by atoms with Crippen molar-refractivity contribution in [1.29, 1.82) is 0 Å². The van der Waals surface area contributed by atoms with Crippen molar-refractivity contribution in [2.24, 2.45) is 0 Å². The summed E-state index contributed by atoms with van der Waals surface area (Å²) in [6, 6.07) is 10.8. The number of rotatable bonds is 7. The monoisotopic (exact) mass is 379 g/mol. The molecule has 0 aliphatic rings. The van der Waals surface area contributed by atoms with Crippen LogP contribution in [0.5, 0.6) is 0 Å². The zero-order chi connectivity index (χ0) is 16.7. The predicted molar refractivity (Wildman–Crippen MR) is 88.8 cm³/mol. The van der Waals surface area contributed by atoms with Gasteiger partial charge in [0.25, 0.3) is 5.91 Å². The van der Waals surface area contributed by atoms with Crippen LogP contribution in [0.15, 0.2) is 51.6 Å². The Kier molecular flexibility index (Phi) is 6.40. The van der Waals surface area contributed by atoms with Gasteiger partial charge in [-0.3, -0.25) is 9.59 Å². The highest BCUT2D eigenvalue weighted by atomic mass is 79.9. The summed E-state index contributed by atoms with van der Waals surface area (Å²) in [7, 11) is 0. The van der Waals surface area contributed by atoms with E-state index in [2.05, 4.69) is 15.9 Å². The SMILES string of the molecule is CCOC(=O)CCN(Cc1ccco1)C(=O)c1ccccc1Br. The smallest absolute Gasteiger partial charge is 0.307 e. The molecule has 1 amide bonds. The largest absolute Gasteiger partial charge is 0.467 e. The Bertz CT molecular complexity index is 654. The van der Waals surface area contributed by atoms with Gasteiger partial charge in [0.15, 0.2) is 0 Å². The first-order chi connectivity index (χ1) is 11.1. The van der Waals surface area contributed by atoms with E-state index in [-0.39, 0.29) is 24.8 Å². The Hall–Kier alpha value is -2.08. The molecule has 0 saturated carbocycles. The van der Waals surface area contributed by atoms with E-state index < -0.39 is 0 Å². The molecule has 6 heteroatoms. The van der Waals surface area contributed by atoms with E-state index in [1.54, 1.807) is 42.4 Å². The summed E-state index contributed by atoms with van der Waals surface area (Å²) >= 11 is 3.39. The molecule has 5 nitrogen and oxygen atoms in total. The number of furan rings is 1. The lowest BCUT2D eigenvalue weighted by Crippen LogP contribution is -2.33. The molecule has 0 spiro atoms. The summed E-state index contributed by atoms with van der Waals surface area (Å²) in [5.74, 6) is 0.171. The van der Waals surface area contributed by atoms with Gasteiger partial charge < -0.3 is 14.1 Å². The number of benzene rings is 1. The molecule has 0 aliphatic carbocycles. The molecule has 2 aromatic rings. The van der Waals surface area contributed by atoms with E-state index in [4.69, 9.17) is 9.15 Å². The fourth-order valence-corrected chi connectivity index (χ4v) is 2.56. The quantitative estimate of drug-likeness (QED) is 0.689. The van der Waals surface area contributed by atoms with Crippen LogP contribution in [0.3, 0.4) is 0 Å². The second kappa shape index (κ2) is 8.53. The Labute approximate surface area is 143 Å². The van der Waals surface area contributed by atoms with Crippen molar-refractivity contribution in [2.45, 2.75) is 19.9 Å². The number of esters is 1. The first-order valence-corrected chi connectivity index (χ1v) is 8.13. The molecule has 0 atom stereocenters. The number of nitrogens with zero attached hydrogens (tertiary/aromatic N) is 1. The number of carbonyl (C=O) groups excluding carboxylic acids is 2. The van der Waals surface area contributed by atoms with E-state index in [0.717, 1.165) is 0 Å². The highest BCUT2D eigenvalue weighted by Crippen LogP contribution is 2.19. The Balaban J connectivity index is 2.13. The highest BCUT2D eigenvalue weighted by Gasteiger charge is 2.20. The van der Waals surface area contributed by atoms with Gasteiger partial charge in [-0.05, 0) is 47.1 Å². The predicted octanol–water partition coefficient (Wildman–Crippen LogP) is 3.64. The van der Waals surface area contributed by atoms with Gasteiger partial charge in [0, 0.05) is 11.0 Å². The zero-order valence-corrected chi connectivity index (χ0v) is 14.4. The standard InChI is InChI=1S/C17H18BrNO4/c1-2-22-16(20)9-10-19(12-13-6-5-11-23-13)17(21)14-7-3-4-8-15(14)18/h3-8,11H,2,9-10,12H2,1H3. The van der Waals surface area contributed by atoms with Crippen LogP contribution in [0.4, 0.5) is 0 Å². The van der Waals surface area contributed by atoms with Gasteiger partial charge in [0.05, 0.1) is 31.4 Å². The Morgan fingerprint density at radius 1 is 1.22 bits per heavy atom. The maximum Gasteiger partial charge on any atom is 0.307 e. The molecule has 122 valence electrons. The molecule has 0 fully saturated rings. The summed E-state index contributed by atoms with van der Waals surface area (Å²) in [5.41, 5.74) is 0.544. The summed E-state index contributed by atoms with van der Waals surface area (Å²) in [6.45, 7) is 2.65. The average molecular weight is 380 g/mol. The minimum Gasteiger partial charge on any atom is -0.467 e. The van der Waals surface area contributed by atoms with Crippen molar-refractivity contribution in [2.75, 3.05) is 13.2 Å². The van der Waals surface area contributed by atoms with Gasteiger partial charge in [-0.15, -0.1) is 0 Å². The number of ether oxygens (including phenoxy) is 1. The second-order valence-electron chi connectivity index (χ2n) is 4.84. The molecule has 23 heavy (non-hydrogen) atoms. The van der Waals surface area contributed by atoms with Gasteiger partial charge in [0.1, 0.15) is 5.76 Å². The minimum absolute atomic E-state index is 0.144.